The van der Waals surface area contributed by atoms with E-state index in [4.69, 9.17) is 0 Å². The molecule has 2 amide bonds. The molecule has 0 bridgehead atoms. The first-order valence-electron chi connectivity index (χ1n) is 12.6. The van der Waals surface area contributed by atoms with Gasteiger partial charge in [0.05, 0.1) is 11.9 Å². The van der Waals surface area contributed by atoms with Crippen molar-refractivity contribution in [2.24, 2.45) is 0 Å². The summed E-state index contributed by atoms with van der Waals surface area (Å²) in [6.45, 7) is 11.5. The Bertz CT molecular complexity index is 1130. The first-order valence-corrected chi connectivity index (χ1v) is 14.5. The molecule has 36 heavy (non-hydrogen) atoms. The van der Waals surface area contributed by atoms with Gasteiger partial charge in [0.2, 0.25) is 21.8 Å². The van der Waals surface area contributed by atoms with Gasteiger partial charge in [-0.05, 0) is 49.8 Å². The third-order valence-corrected chi connectivity index (χ3v) is 7.49. The van der Waals surface area contributed by atoms with Gasteiger partial charge in [-0.2, -0.15) is 0 Å². The third kappa shape index (κ3) is 7.82. The number of nitrogens with zero attached hydrogens (tertiary/aromatic N) is 2. The highest BCUT2D eigenvalue weighted by Gasteiger charge is 2.32. The standard InChI is InChI=1S/C28H41N3O4S/c1-8-22(6)29-28(33)25(9-2)30(18-23-16-14-21(5)15-17-23)27(32)19-31(36(7,34)35)26-13-11-10-12-24(26)20(3)4/h10-17,20,22,25H,8-9,18-19H2,1-7H3,(H,29,33)/t22-,25-/m1/s1. The number of carbonyl (C=O) groups is 2. The van der Waals surface area contributed by atoms with Crippen molar-refractivity contribution in [1.82, 2.24) is 10.2 Å². The average Bonchev–Trinajstić information content (AvgIpc) is 2.82. The number of carbonyl (C=O) groups excluding carboxylic acids is 2. The highest BCUT2D eigenvalue weighted by molar-refractivity contribution is 7.92. The van der Waals surface area contributed by atoms with Crippen molar-refractivity contribution in [2.75, 3.05) is 17.1 Å². The van der Waals surface area contributed by atoms with Gasteiger partial charge >= 0.3 is 0 Å². The Morgan fingerprint density at radius 1 is 0.944 bits per heavy atom. The largest absolute Gasteiger partial charge is 0.352 e. The lowest BCUT2D eigenvalue weighted by molar-refractivity contribution is -0.140. The fraction of sp³-hybridized carbons (Fsp3) is 0.500. The lowest BCUT2D eigenvalue weighted by atomic mass is 10.0. The van der Waals surface area contributed by atoms with Gasteiger partial charge in [-0.25, -0.2) is 8.42 Å². The van der Waals surface area contributed by atoms with Gasteiger partial charge in [0, 0.05) is 12.6 Å². The SMILES string of the molecule is CC[C@@H](C)NC(=O)[C@@H](CC)N(Cc1ccc(C)cc1)C(=O)CN(c1ccccc1C(C)C)S(C)(=O)=O. The summed E-state index contributed by atoms with van der Waals surface area (Å²) in [7, 11) is -3.77. The van der Waals surface area contributed by atoms with E-state index in [1.165, 1.54) is 4.90 Å². The van der Waals surface area contributed by atoms with Crippen LogP contribution in [0.3, 0.4) is 0 Å². The van der Waals surface area contributed by atoms with E-state index < -0.39 is 22.0 Å². The predicted molar refractivity (Wildman–Crippen MR) is 146 cm³/mol. The van der Waals surface area contributed by atoms with Gasteiger partial charge in [-0.3, -0.25) is 13.9 Å². The van der Waals surface area contributed by atoms with Crippen LogP contribution in [-0.2, 0) is 26.2 Å². The molecule has 2 atom stereocenters. The van der Waals surface area contributed by atoms with Crippen molar-refractivity contribution in [3.05, 3.63) is 65.2 Å². The highest BCUT2D eigenvalue weighted by atomic mass is 32.2. The molecule has 2 rings (SSSR count). The zero-order valence-corrected chi connectivity index (χ0v) is 23.4. The van der Waals surface area contributed by atoms with Crippen LogP contribution < -0.4 is 9.62 Å². The van der Waals surface area contributed by atoms with Gasteiger partial charge in [-0.15, -0.1) is 0 Å². The number of hydrogen-bond acceptors (Lipinski definition) is 4. The first kappa shape index (κ1) is 29.4. The summed E-state index contributed by atoms with van der Waals surface area (Å²) in [5, 5.41) is 2.99. The molecule has 7 nitrogen and oxygen atoms in total. The minimum atomic E-state index is -3.77. The van der Waals surface area contributed by atoms with E-state index in [2.05, 4.69) is 5.32 Å². The normalized spacial score (nSPS) is 13.2. The zero-order chi connectivity index (χ0) is 27.0. The number of sulfonamides is 1. The molecule has 0 aromatic heterocycles. The van der Waals surface area contributed by atoms with Gasteiger partial charge in [0.15, 0.2) is 0 Å². The number of amides is 2. The van der Waals surface area contributed by atoms with E-state index in [1.54, 1.807) is 12.1 Å². The molecule has 0 saturated heterocycles. The number of para-hydroxylation sites is 1. The van der Waals surface area contributed by atoms with Crippen molar-refractivity contribution in [3.8, 4) is 0 Å². The molecule has 0 spiro atoms. The summed E-state index contributed by atoms with van der Waals surface area (Å²) in [6, 6.07) is 14.2. The second-order valence-corrected chi connectivity index (χ2v) is 11.6. The Morgan fingerprint density at radius 3 is 2.08 bits per heavy atom. The van der Waals surface area contributed by atoms with E-state index >= 15 is 0 Å². The molecule has 198 valence electrons. The lowest BCUT2D eigenvalue weighted by Gasteiger charge is -2.34. The van der Waals surface area contributed by atoms with Crippen molar-refractivity contribution in [3.63, 3.8) is 0 Å². The van der Waals surface area contributed by atoms with Crippen LogP contribution in [0, 0.1) is 6.92 Å². The molecule has 0 heterocycles. The molecule has 0 radical (unpaired) electrons. The fourth-order valence-electron chi connectivity index (χ4n) is 4.05. The minimum absolute atomic E-state index is 0.0340. The molecule has 0 fully saturated rings. The van der Waals surface area contributed by atoms with Crippen LogP contribution in [0.4, 0.5) is 5.69 Å². The number of rotatable bonds is 12. The van der Waals surface area contributed by atoms with E-state index in [9.17, 15) is 18.0 Å². The Labute approximate surface area is 216 Å². The minimum Gasteiger partial charge on any atom is -0.352 e. The van der Waals surface area contributed by atoms with Crippen LogP contribution in [0.5, 0.6) is 0 Å². The van der Waals surface area contributed by atoms with Crippen molar-refractivity contribution >= 4 is 27.5 Å². The quantitative estimate of drug-likeness (QED) is 0.447. The van der Waals surface area contributed by atoms with E-state index in [0.29, 0.717) is 12.1 Å². The number of anilines is 1. The average molecular weight is 516 g/mol. The molecule has 2 aromatic rings. The number of benzene rings is 2. The molecule has 0 aliphatic heterocycles. The molecule has 2 aromatic carbocycles. The summed E-state index contributed by atoms with van der Waals surface area (Å²) in [5.74, 6) is -0.597. The summed E-state index contributed by atoms with van der Waals surface area (Å²) in [5.41, 5.74) is 3.28. The molecule has 1 N–H and O–H groups in total. The van der Waals surface area contributed by atoms with E-state index in [0.717, 1.165) is 33.7 Å². The maximum atomic E-state index is 13.8. The van der Waals surface area contributed by atoms with Gasteiger partial charge in [0.25, 0.3) is 0 Å². The smallest absolute Gasteiger partial charge is 0.244 e. The maximum absolute atomic E-state index is 13.8. The van der Waals surface area contributed by atoms with Crippen LogP contribution in [-0.4, -0.2) is 50.0 Å². The van der Waals surface area contributed by atoms with Gasteiger partial charge in [-0.1, -0.05) is 75.7 Å². The summed E-state index contributed by atoms with van der Waals surface area (Å²) >= 11 is 0. The van der Waals surface area contributed by atoms with Crippen LogP contribution in [0.2, 0.25) is 0 Å². The van der Waals surface area contributed by atoms with E-state index in [-0.39, 0.29) is 31.0 Å². The topological polar surface area (TPSA) is 86.8 Å². The molecule has 0 aliphatic rings. The van der Waals surface area contributed by atoms with E-state index in [1.807, 2.05) is 77.9 Å². The Kier molecular flexibility index (Phi) is 10.5. The Morgan fingerprint density at radius 2 is 1.56 bits per heavy atom. The molecule has 0 unspecified atom stereocenters. The molecular weight excluding hydrogens is 474 g/mol. The summed E-state index contributed by atoms with van der Waals surface area (Å²) < 4.78 is 26.9. The van der Waals surface area contributed by atoms with Crippen LogP contribution in [0.25, 0.3) is 0 Å². The van der Waals surface area contributed by atoms with Crippen molar-refractivity contribution < 1.29 is 18.0 Å². The van der Waals surface area contributed by atoms with Crippen LogP contribution in [0.15, 0.2) is 48.5 Å². The van der Waals surface area contributed by atoms with Crippen LogP contribution >= 0.6 is 0 Å². The van der Waals surface area contributed by atoms with Gasteiger partial charge in [0.1, 0.15) is 12.6 Å². The lowest BCUT2D eigenvalue weighted by Crippen LogP contribution is -2.53. The molecule has 0 saturated carbocycles. The second kappa shape index (κ2) is 12.9. The molecular formula is C28H41N3O4S. The monoisotopic (exact) mass is 515 g/mol. The first-order chi connectivity index (χ1) is 16.9. The summed E-state index contributed by atoms with van der Waals surface area (Å²) in [6.07, 6.45) is 2.28. The Hall–Kier alpha value is -2.87. The third-order valence-electron chi connectivity index (χ3n) is 6.37. The van der Waals surface area contributed by atoms with Crippen molar-refractivity contribution in [1.29, 1.82) is 0 Å². The van der Waals surface area contributed by atoms with Crippen LogP contribution in [0.1, 0.15) is 70.1 Å². The highest BCUT2D eigenvalue weighted by Crippen LogP contribution is 2.29. The number of nitrogens with one attached hydrogen (secondary N) is 1. The zero-order valence-electron chi connectivity index (χ0n) is 22.6. The number of hydrogen-bond donors (Lipinski definition) is 1. The van der Waals surface area contributed by atoms with Crippen molar-refractivity contribution in [2.45, 2.75) is 78.9 Å². The molecule has 8 heteroatoms. The summed E-state index contributed by atoms with van der Waals surface area (Å²) in [4.78, 5) is 28.5. The maximum Gasteiger partial charge on any atom is 0.244 e. The second-order valence-electron chi connectivity index (χ2n) is 9.73. The Balaban J connectivity index is 2.49. The fourth-order valence-corrected chi connectivity index (χ4v) is 4.92. The molecule has 0 aliphatic carbocycles. The number of aryl methyl sites for hydroxylation is 1. The predicted octanol–water partition coefficient (Wildman–Crippen LogP) is 4.61. The van der Waals surface area contributed by atoms with Gasteiger partial charge < -0.3 is 10.2 Å².